The van der Waals surface area contributed by atoms with Gasteiger partial charge in [-0.1, -0.05) is 0 Å². The van der Waals surface area contributed by atoms with Crippen molar-refractivity contribution in [2.75, 3.05) is 31.3 Å². The van der Waals surface area contributed by atoms with Crippen LogP contribution in [0.2, 0.25) is 0 Å². The van der Waals surface area contributed by atoms with Crippen LogP contribution in [0.15, 0.2) is 18.3 Å². The average Bonchev–Trinajstić information content (AvgIpc) is 3.07. The minimum absolute atomic E-state index is 0.444. The highest BCUT2D eigenvalue weighted by molar-refractivity contribution is 5.43. The molecule has 0 amide bonds. The summed E-state index contributed by atoms with van der Waals surface area (Å²) in [4.78, 5) is 4.22. The molecule has 0 bridgehead atoms. The number of rotatable bonds is 6. The third-order valence-corrected chi connectivity index (χ3v) is 3.22. The van der Waals surface area contributed by atoms with E-state index in [2.05, 4.69) is 10.3 Å². The molecule has 1 aromatic rings. The van der Waals surface area contributed by atoms with Gasteiger partial charge in [0.05, 0.1) is 11.9 Å². The number of methoxy groups -OCH3 is 1. The lowest BCUT2D eigenvalue weighted by atomic mass is 10.0. The molecule has 1 heterocycles. The molecule has 1 fully saturated rings. The fraction of sp³-hybridized carbons (Fsp3) is 0.583. The van der Waals surface area contributed by atoms with Gasteiger partial charge in [-0.05, 0) is 36.8 Å². The smallest absolute Gasteiger partial charge is 0.126 e. The highest BCUT2D eigenvalue weighted by Crippen LogP contribution is 2.48. The summed E-state index contributed by atoms with van der Waals surface area (Å²) in [5.41, 5.74) is 6.72. The predicted octanol–water partition coefficient (Wildman–Crippen LogP) is 1.89. The van der Waals surface area contributed by atoms with E-state index in [0.29, 0.717) is 11.1 Å². The van der Waals surface area contributed by atoms with E-state index in [1.54, 1.807) is 13.3 Å². The van der Waals surface area contributed by atoms with Crippen LogP contribution < -0.4 is 11.1 Å². The number of nitrogens with one attached hydrogen (secondary N) is 1. The van der Waals surface area contributed by atoms with Gasteiger partial charge < -0.3 is 15.8 Å². The summed E-state index contributed by atoms with van der Waals surface area (Å²) in [5, 5.41) is 3.36. The van der Waals surface area contributed by atoms with Crippen molar-refractivity contribution >= 4 is 11.5 Å². The van der Waals surface area contributed by atoms with Crippen LogP contribution in [0, 0.1) is 5.41 Å². The minimum atomic E-state index is 0.444. The Morgan fingerprint density at radius 3 is 2.88 bits per heavy atom. The van der Waals surface area contributed by atoms with Crippen LogP contribution in [-0.4, -0.2) is 25.2 Å². The van der Waals surface area contributed by atoms with Gasteiger partial charge >= 0.3 is 0 Å². The van der Waals surface area contributed by atoms with Crippen molar-refractivity contribution < 1.29 is 4.74 Å². The molecular formula is C12H19N3O. The topological polar surface area (TPSA) is 60.2 Å². The fourth-order valence-electron chi connectivity index (χ4n) is 1.80. The first-order chi connectivity index (χ1) is 7.74. The highest BCUT2D eigenvalue weighted by Gasteiger charge is 2.41. The van der Waals surface area contributed by atoms with Crippen molar-refractivity contribution in [3.8, 4) is 0 Å². The Bertz CT molecular complexity index is 333. The minimum Gasteiger partial charge on any atom is -0.397 e. The number of hydrogen-bond donors (Lipinski definition) is 2. The van der Waals surface area contributed by atoms with E-state index in [9.17, 15) is 0 Å². The van der Waals surface area contributed by atoms with Crippen LogP contribution in [0.5, 0.6) is 0 Å². The molecule has 0 atom stereocenters. The van der Waals surface area contributed by atoms with Crippen LogP contribution in [0.1, 0.15) is 19.3 Å². The van der Waals surface area contributed by atoms with E-state index in [1.807, 2.05) is 12.1 Å². The summed E-state index contributed by atoms with van der Waals surface area (Å²) in [6.45, 7) is 1.82. The number of nitrogen functional groups attached to an aromatic ring is 1. The third-order valence-electron chi connectivity index (χ3n) is 3.22. The van der Waals surface area contributed by atoms with E-state index < -0.39 is 0 Å². The maximum Gasteiger partial charge on any atom is 0.126 e. The van der Waals surface area contributed by atoms with E-state index in [1.165, 1.54) is 12.8 Å². The molecule has 4 nitrogen and oxygen atoms in total. The zero-order chi connectivity index (χ0) is 11.4. The zero-order valence-corrected chi connectivity index (χ0v) is 9.70. The average molecular weight is 221 g/mol. The van der Waals surface area contributed by atoms with Gasteiger partial charge in [-0.2, -0.15) is 0 Å². The van der Waals surface area contributed by atoms with Crippen LogP contribution >= 0.6 is 0 Å². The van der Waals surface area contributed by atoms with Gasteiger partial charge in [0, 0.05) is 20.3 Å². The maximum atomic E-state index is 5.58. The lowest BCUT2D eigenvalue weighted by molar-refractivity contribution is 0.175. The van der Waals surface area contributed by atoms with Crippen LogP contribution in [-0.2, 0) is 4.74 Å². The Hall–Kier alpha value is -1.29. The Balaban J connectivity index is 1.81. The number of anilines is 2. The van der Waals surface area contributed by atoms with Crippen LogP contribution in [0.25, 0.3) is 0 Å². The molecule has 4 heteroatoms. The SMILES string of the molecule is COCCC1(CNc2ccc(N)cn2)CC1. The highest BCUT2D eigenvalue weighted by atomic mass is 16.5. The molecule has 0 spiro atoms. The summed E-state index contributed by atoms with van der Waals surface area (Å²) in [5.74, 6) is 0.901. The molecule has 0 radical (unpaired) electrons. The second-order valence-electron chi connectivity index (χ2n) is 4.57. The first-order valence-corrected chi connectivity index (χ1v) is 5.68. The first-order valence-electron chi connectivity index (χ1n) is 5.68. The standard InChI is InChI=1S/C12H19N3O/c1-16-7-6-12(4-5-12)9-15-11-3-2-10(13)8-14-11/h2-3,8H,4-7,9,13H2,1H3,(H,14,15). The van der Waals surface area contributed by atoms with Gasteiger partial charge in [-0.3, -0.25) is 0 Å². The maximum absolute atomic E-state index is 5.58. The molecule has 1 aliphatic carbocycles. The number of pyridine rings is 1. The Morgan fingerprint density at radius 1 is 1.50 bits per heavy atom. The molecule has 0 saturated heterocycles. The number of nitrogens with two attached hydrogens (primary N) is 1. The van der Waals surface area contributed by atoms with Crippen molar-refractivity contribution in [1.29, 1.82) is 0 Å². The normalized spacial score (nSPS) is 17.1. The van der Waals surface area contributed by atoms with Gasteiger partial charge in [0.25, 0.3) is 0 Å². The molecule has 88 valence electrons. The Kier molecular flexibility index (Phi) is 3.29. The van der Waals surface area contributed by atoms with E-state index in [0.717, 1.165) is 25.4 Å². The summed E-state index contributed by atoms with van der Waals surface area (Å²) < 4.78 is 5.13. The van der Waals surface area contributed by atoms with Crippen molar-refractivity contribution in [3.63, 3.8) is 0 Å². The van der Waals surface area contributed by atoms with Crippen molar-refractivity contribution in [3.05, 3.63) is 18.3 Å². The molecule has 1 aromatic heterocycles. The Labute approximate surface area is 96.2 Å². The molecular weight excluding hydrogens is 202 g/mol. The van der Waals surface area contributed by atoms with Gasteiger partial charge in [-0.25, -0.2) is 4.98 Å². The monoisotopic (exact) mass is 221 g/mol. The number of aromatic nitrogens is 1. The lowest BCUT2D eigenvalue weighted by Crippen LogP contribution is -2.17. The number of ether oxygens (including phenoxy) is 1. The molecule has 16 heavy (non-hydrogen) atoms. The number of hydrogen-bond acceptors (Lipinski definition) is 4. The Morgan fingerprint density at radius 2 is 2.31 bits per heavy atom. The molecule has 0 unspecified atom stereocenters. The molecule has 0 aliphatic heterocycles. The summed E-state index contributed by atoms with van der Waals surface area (Å²) >= 11 is 0. The molecule has 1 saturated carbocycles. The van der Waals surface area contributed by atoms with E-state index in [4.69, 9.17) is 10.5 Å². The fourth-order valence-corrected chi connectivity index (χ4v) is 1.80. The van der Waals surface area contributed by atoms with Gasteiger partial charge in [-0.15, -0.1) is 0 Å². The summed E-state index contributed by atoms with van der Waals surface area (Å²) in [6.07, 6.45) is 5.39. The zero-order valence-electron chi connectivity index (χ0n) is 9.70. The molecule has 3 N–H and O–H groups in total. The van der Waals surface area contributed by atoms with Crippen LogP contribution in [0.4, 0.5) is 11.5 Å². The van der Waals surface area contributed by atoms with E-state index >= 15 is 0 Å². The van der Waals surface area contributed by atoms with Crippen molar-refractivity contribution in [2.24, 2.45) is 5.41 Å². The third kappa shape index (κ3) is 2.85. The first kappa shape index (κ1) is 11.2. The van der Waals surface area contributed by atoms with Crippen molar-refractivity contribution in [1.82, 2.24) is 4.98 Å². The van der Waals surface area contributed by atoms with Gasteiger partial charge in [0.15, 0.2) is 0 Å². The van der Waals surface area contributed by atoms with Gasteiger partial charge in [0.1, 0.15) is 5.82 Å². The van der Waals surface area contributed by atoms with E-state index in [-0.39, 0.29) is 0 Å². The quantitative estimate of drug-likeness (QED) is 0.770. The second kappa shape index (κ2) is 4.70. The van der Waals surface area contributed by atoms with Crippen molar-refractivity contribution in [2.45, 2.75) is 19.3 Å². The predicted molar refractivity (Wildman–Crippen MR) is 65.3 cm³/mol. The van der Waals surface area contributed by atoms with Crippen LogP contribution in [0.3, 0.4) is 0 Å². The summed E-state index contributed by atoms with van der Waals surface area (Å²) in [6, 6.07) is 3.78. The van der Waals surface area contributed by atoms with Gasteiger partial charge in [0.2, 0.25) is 0 Å². The lowest BCUT2D eigenvalue weighted by Gasteiger charge is -2.15. The molecule has 1 aliphatic rings. The number of nitrogens with zero attached hydrogens (tertiary/aromatic N) is 1. The molecule has 2 rings (SSSR count). The summed E-state index contributed by atoms with van der Waals surface area (Å²) in [7, 11) is 1.75. The molecule has 0 aromatic carbocycles. The largest absolute Gasteiger partial charge is 0.397 e. The second-order valence-corrected chi connectivity index (χ2v) is 4.57.